The minimum absolute atomic E-state index is 0.0565. The van der Waals surface area contributed by atoms with Crippen molar-refractivity contribution >= 4 is 5.97 Å². The maximum atomic E-state index is 11.3. The number of aliphatic hydroxyl groups excluding tert-OH is 1. The summed E-state index contributed by atoms with van der Waals surface area (Å²) in [7, 11) is 0. The molecular formula is C13H22O3. The van der Waals surface area contributed by atoms with E-state index in [4.69, 9.17) is 4.74 Å². The zero-order valence-corrected chi connectivity index (χ0v) is 10.6. The molecule has 0 aromatic heterocycles. The first-order valence-electron chi connectivity index (χ1n) is 5.60. The van der Waals surface area contributed by atoms with E-state index in [1.165, 1.54) is 0 Å². The summed E-state index contributed by atoms with van der Waals surface area (Å²) in [6, 6.07) is 0. The number of rotatable bonds is 5. The monoisotopic (exact) mass is 226 g/mol. The Morgan fingerprint density at radius 2 is 2.12 bits per heavy atom. The van der Waals surface area contributed by atoms with Crippen LogP contribution in [0.25, 0.3) is 0 Å². The van der Waals surface area contributed by atoms with Crippen molar-refractivity contribution < 1.29 is 14.6 Å². The van der Waals surface area contributed by atoms with E-state index in [1.54, 1.807) is 6.08 Å². The molecule has 3 nitrogen and oxygen atoms in total. The van der Waals surface area contributed by atoms with Crippen molar-refractivity contribution in [1.29, 1.82) is 0 Å². The van der Waals surface area contributed by atoms with Gasteiger partial charge in [-0.05, 0) is 52.7 Å². The van der Waals surface area contributed by atoms with Crippen LogP contribution in [0.2, 0.25) is 0 Å². The number of carbonyl (C=O) groups excluding carboxylic acids is 1. The lowest BCUT2D eigenvalue weighted by Crippen LogP contribution is -2.26. The Kier molecular flexibility index (Phi) is 6.78. The molecule has 16 heavy (non-hydrogen) atoms. The Bertz CT molecular complexity index is 267. The third-order valence-corrected chi connectivity index (χ3v) is 1.75. The van der Waals surface area contributed by atoms with E-state index in [0.29, 0.717) is 12.8 Å². The van der Waals surface area contributed by atoms with Gasteiger partial charge in [-0.15, -0.1) is 5.73 Å². The van der Waals surface area contributed by atoms with Gasteiger partial charge in [0.2, 0.25) is 0 Å². The third-order valence-electron chi connectivity index (χ3n) is 1.75. The normalized spacial score (nSPS) is 12.6. The second-order valence-electron chi connectivity index (χ2n) is 4.68. The largest absolute Gasteiger partial charge is 0.460 e. The maximum Gasteiger partial charge on any atom is 0.308 e. The van der Waals surface area contributed by atoms with E-state index in [9.17, 15) is 9.90 Å². The fourth-order valence-corrected chi connectivity index (χ4v) is 1.15. The fraction of sp³-hybridized carbons (Fsp3) is 0.692. The standard InChI is InChI=1S/C13H22O3/c1-5-6-7-8-9-11(14)10-12(15)16-13(2,3)4/h5,7,11,14H,8-10H2,1-4H3/t6?,11-/m1/s1. The van der Waals surface area contributed by atoms with Crippen molar-refractivity contribution in [3.05, 3.63) is 17.9 Å². The first-order chi connectivity index (χ1) is 7.35. The molecular weight excluding hydrogens is 204 g/mol. The first-order valence-corrected chi connectivity index (χ1v) is 5.60. The number of aliphatic hydroxyl groups is 1. The van der Waals surface area contributed by atoms with Crippen LogP contribution in [0.3, 0.4) is 0 Å². The second-order valence-corrected chi connectivity index (χ2v) is 4.68. The van der Waals surface area contributed by atoms with Crippen LogP contribution in [0.1, 0.15) is 47.0 Å². The molecule has 1 atom stereocenters. The van der Waals surface area contributed by atoms with Crippen LogP contribution in [0.5, 0.6) is 0 Å². The van der Waals surface area contributed by atoms with Gasteiger partial charge < -0.3 is 9.84 Å². The molecule has 3 heteroatoms. The van der Waals surface area contributed by atoms with Crippen molar-refractivity contribution in [1.82, 2.24) is 0 Å². The Morgan fingerprint density at radius 3 is 2.62 bits per heavy atom. The number of allylic oxidation sites excluding steroid dienone is 1. The minimum Gasteiger partial charge on any atom is -0.460 e. The quantitative estimate of drug-likeness (QED) is 0.579. The molecule has 0 amide bonds. The lowest BCUT2D eigenvalue weighted by molar-refractivity contribution is -0.157. The van der Waals surface area contributed by atoms with Crippen molar-refractivity contribution in [2.45, 2.75) is 58.7 Å². The summed E-state index contributed by atoms with van der Waals surface area (Å²) in [5.74, 6) is -0.352. The Labute approximate surface area is 97.8 Å². The van der Waals surface area contributed by atoms with Crippen LogP contribution in [0.15, 0.2) is 17.9 Å². The van der Waals surface area contributed by atoms with Gasteiger partial charge in [0.1, 0.15) is 5.60 Å². The topological polar surface area (TPSA) is 46.5 Å². The van der Waals surface area contributed by atoms with Crippen LogP contribution in [-0.2, 0) is 9.53 Å². The highest BCUT2D eigenvalue weighted by molar-refractivity contribution is 5.70. The predicted molar refractivity (Wildman–Crippen MR) is 64.0 cm³/mol. The summed E-state index contributed by atoms with van der Waals surface area (Å²) < 4.78 is 5.10. The first kappa shape index (κ1) is 14.9. The number of hydrogen-bond acceptors (Lipinski definition) is 3. The van der Waals surface area contributed by atoms with E-state index in [2.05, 4.69) is 5.73 Å². The molecule has 0 fully saturated rings. The van der Waals surface area contributed by atoms with Crippen molar-refractivity contribution in [3.63, 3.8) is 0 Å². The van der Waals surface area contributed by atoms with Crippen LogP contribution in [0.4, 0.5) is 0 Å². The van der Waals surface area contributed by atoms with E-state index < -0.39 is 11.7 Å². The van der Waals surface area contributed by atoms with Gasteiger partial charge in [-0.2, -0.15) is 0 Å². The summed E-state index contributed by atoms with van der Waals surface area (Å²) in [4.78, 5) is 11.3. The van der Waals surface area contributed by atoms with Gasteiger partial charge in [0.05, 0.1) is 12.5 Å². The summed E-state index contributed by atoms with van der Waals surface area (Å²) in [5.41, 5.74) is 2.43. The Morgan fingerprint density at radius 1 is 1.50 bits per heavy atom. The Balaban J connectivity index is 3.83. The molecule has 0 aliphatic carbocycles. The van der Waals surface area contributed by atoms with Crippen molar-refractivity contribution in [2.75, 3.05) is 0 Å². The highest BCUT2D eigenvalue weighted by Crippen LogP contribution is 2.11. The smallest absolute Gasteiger partial charge is 0.308 e. The predicted octanol–water partition coefficient (Wildman–Crippen LogP) is 2.59. The fourth-order valence-electron chi connectivity index (χ4n) is 1.15. The van der Waals surface area contributed by atoms with Gasteiger partial charge in [0.25, 0.3) is 0 Å². The molecule has 0 unspecified atom stereocenters. The summed E-state index contributed by atoms with van der Waals surface area (Å²) in [6.07, 6.45) is 4.35. The van der Waals surface area contributed by atoms with E-state index in [1.807, 2.05) is 33.8 Å². The number of esters is 1. The van der Waals surface area contributed by atoms with Gasteiger partial charge in [-0.3, -0.25) is 4.79 Å². The van der Waals surface area contributed by atoms with Gasteiger partial charge in [0.15, 0.2) is 0 Å². The Hall–Kier alpha value is -1.05. The number of carbonyl (C=O) groups is 1. The molecule has 0 saturated heterocycles. The zero-order valence-electron chi connectivity index (χ0n) is 10.6. The van der Waals surface area contributed by atoms with Crippen molar-refractivity contribution in [3.8, 4) is 0 Å². The van der Waals surface area contributed by atoms with Crippen LogP contribution in [0, 0.1) is 0 Å². The van der Waals surface area contributed by atoms with Gasteiger partial charge >= 0.3 is 5.97 Å². The van der Waals surface area contributed by atoms with Gasteiger partial charge in [-0.1, -0.05) is 0 Å². The average Bonchev–Trinajstić information content (AvgIpc) is 2.09. The molecule has 0 aliphatic rings. The minimum atomic E-state index is -0.634. The van der Waals surface area contributed by atoms with Crippen LogP contribution >= 0.6 is 0 Å². The SMILES string of the molecule is CC=C=CCC[C@@H](O)CC(=O)OC(C)(C)C. The van der Waals surface area contributed by atoms with E-state index >= 15 is 0 Å². The van der Waals surface area contributed by atoms with Crippen LogP contribution in [-0.4, -0.2) is 22.8 Å². The highest BCUT2D eigenvalue weighted by atomic mass is 16.6. The molecule has 0 aromatic carbocycles. The van der Waals surface area contributed by atoms with Gasteiger partial charge in [-0.25, -0.2) is 0 Å². The molecule has 0 saturated carbocycles. The zero-order chi connectivity index (χ0) is 12.6. The highest BCUT2D eigenvalue weighted by Gasteiger charge is 2.18. The second kappa shape index (κ2) is 7.26. The van der Waals surface area contributed by atoms with E-state index in [-0.39, 0.29) is 12.4 Å². The molecule has 1 N–H and O–H groups in total. The molecule has 0 radical (unpaired) electrons. The summed E-state index contributed by atoms with van der Waals surface area (Å²) >= 11 is 0. The lowest BCUT2D eigenvalue weighted by atomic mass is 10.1. The number of ether oxygens (including phenoxy) is 1. The maximum absolute atomic E-state index is 11.3. The molecule has 0 spiro atoms. The third kappa shape index (κ3) is 9.50. The average molecular weight is 226 g/mol. The van der Waals surface area contributed by atoms with Crippen LogP contribution < -0.4 is 0 Å². The van der Waals surface area contributed by atoms with Crippen molar-refractivity contribution in [2.24, 2.45) is 0 Å². The summed E-state index contributed by atoms with van der Waals surface area (Å²) in [6.45, 7) is 7.32. The summed E-state index contributed by atoms with van der Waals surface area (Å²) in [5, 5.41) is 9.56. The molecule has 0 aliphatic heterocycles. The number of hydrogen-bond donors (Lipinski definition) is 1. The lowest BCUT2D eigenvalue weighted by Gasteiger charge is -2.20. The molecule has 92 valence electrons. The van der Waals surface area contributed by atoms with Gasteiger partial charge in [0, 0.05) is 0 Å². The molecule has 0 bridgehead atoms. The van der Waals surface area contributed by atoms with E-state index in [0.717, 1.165) is 0 Å². The molecule has 0 aromatic rings. The molecule has 0 rings (SSSR count). The molecule has 0 heterocycles.